The maximum absolute atomic E-state index is 5.94. The Balaban J connectivity index is 1.97. The molecule has 1 aromatic heterocycles. The molecule has 1 aliphatic heterocycles. The Bertz CT molecular complexity index is 530. The van der Waals surface area contributed by atoms with Crippen LogP contribution in [0.5, 0.6) is 0 Å². The van der Waals surface area contributed by atoms with Gasteiger partial charge in [0, 0.05) is 29.8 Å². The molecular formula is C15H21N3S2. The Hall–Kier alpha value is -0.810. The Kier molecular flexibility index (Phi) is 4.17. The zero-order valence-corrected chi connectivity index (χ0v) is 13.5. The predicted molar refractivity (Wildman–Crippen MR) is 90.9 cm³/mol. The van der Waals surface area contributed by atoms with Crippen LogP contribution in [0, 0.1) is 0 Å². The van der Waals surface area contributed by atoms with Crippen molar-refractivity contribution in [3.63, 3.8) is 0 Å². The molecule has 108 valence electrons. The molecule has 2 N–H and O–H groups in total. The normalized spacial score (nSPS) is 21.9. The molecule has 0 aromatic carbocycles. The van der Waals surface area contributed by atoms with Crippen molar-refractivity contribution in [3.05, 3.63) is 22.9 Å². The van der Waals surface area contributed by atoms with Crippen LogP contribution in [0.3, 0.4) is 0 Å². The molecule has 0 bridgehead atoms. The van der Waals surface area contributed by atoms with Crippen molar-refractivity contribution >= 4 is 34.8 Å². The van der Waals surface area contributed by atoms with Gasteiger partial charge in [-0.1, -0.05) is 19.1 Å². The lowest BCUT2D eigenvalue weighted by Gasteiger charge is -2.34. The quantitative estimate of drug-likeness (QED) is 0.869. The molecule has 1 unspecified atom stereocenters. The minimum atomic E-state index is 0.480. The van der Waals surface area contributed by atoms with E-state index in [-0.39, 0.29) is 0 Å². The smallest absolute Gasteiger partial charge is 0.139 e. The van der Waals surface area contributed by atoms with Gasteiger partial charge in [0.2, 0.25) is 0 Å². The average Bonchev–Trinajstić information content (AvgIpc) is 2.93. The van der Waals surface area contributed by atoms with Crippen LogP contribution in [-0.2, 0) is 12.8 Å². The summed E-state index contributed by atoms with van der Waals surface area (Å²) in [7, 11) is 0. The van der Waals surface area contributed by atoms with Crippen molar-refractivity contribution in [2.45, 2.75) is 37.9 Å². The van der Waals surface area contributed by atoms with Crippen LogP contribution in [0.2, 0.25) is 0 Å². The first-order valence-corrected chi connectivity index (χ1v) is 8.84. The number of thioether (sulfide) groups is 1. The fourth-order valence-corrected chi connectivity index (χ4v) is 4.37. The van der Waals surface area contributed by atoms with Gasteiger partial charge in [0.05, 0.1) is 5.56 Å². The molecule has 20 heavy (non-hydrogen) atoms. The SMILES string of the molecule is CCC1CN(c2nc3c(cc2C(N)=S)CCC3)CCS1. The summed E-state index contributed by atoms with van der Waals surface area (Å²) >= 11 is 7.32. The molecule has 1 aliphatic carbocycles. The zero-order chi connectivity index (χ0) is 14.1. The molecule has 0 amide bonds. The Morgan fingerprint density at radius 2 is 2.40 bits per heavy atom. The van der Waals surface area contributed by atoms with Gasteiger partial charge in [-0.15, -0.1) is 0 Å². The van der Waals surface area contributed by atoms with Crippen LogP contribution in [0.4, 0.5) is 5.82 Å². The molecule has 1 saturated heterocycles. The van der Waals surface area contributed by atoms with E-state index >= 15 is 0 Å². The molecule has 2 aliphatic rings. The predicted octanol–water partition coefficient (Wildman–Crippen LogP) is 2.54. The zero-order valence-electron chi connectivity index (χ0n) is 11.9. The van der Waals surface area contributed by atoms with Gasteiger partial charge in [0.15, 0.2) is 0 Å². The van der Waals surface area contributed by atoms with Crippen molar-refractivity contribution in [3.8, 4) is 0 Å². The molecule has 3 rings (SSSR count). The summed E-state index contributed by atoms with van der Waals surface area (Å²) in [5.74, 6) is 2.19. The third-order valence-electron chi connectivity index (χ3n) is 4.19. The molecular weight excluding hydrogens is 286 g/mol. The lowest BCUT2D eigenvalue weighted by molar-refractivity contribution is 0.717. The summed E-state index contributed by atoms with van der Waals surface area (Å²) in [6, 6.07) is 2.19. The fraction of sp³-hybridized carbons (Fsp3) is 0.600. The second-order valence-electron chi connectivity index (χ2n) is 5.53. The molecule has 5 heteroatoms. The van der Waals surface area contributed by atoms with Gasteiger partial charge < -0.3 is 10.6 Å². The fourth-order valence-electron chi connectivity index (χ4n) is 3.04. The number of anilines is 1. The second kappa shape index (κ2) is 5.90. The number of thiocarbonyl (C=S) groups is 1. The third kappa shape index (κ3) is 2.66. The van der Waals surface area contributed by atoms with Crippen LogP contribution in [-0.4, -0.2) is 34.1 Å². The van der Waals surface area contributed by atoms with Gasteiger partial charge in [-0.2, -0.15) is 11.8 Å². The van der Waals surface area contributed by atoms with Crippen molar-refractivity contribution in [2.24, 2.45) is 5.73 Å². The van der Waals surface area contributed by atoms with Crippen molar-refractivity contribution in [1.82, 2.24) is 4.98 Å². The molecule has 1 atom stereocenters. The summed E-state index contributed by atoms with van der Waals surface area (Å²) in [5, 5.41) is 0.693. The Morgan fingerprint density at radius 1 is 1.55 bits per heavy atom. The number of aryl methyl sites for hydroxylation is 2. The van der Waals surface area contributed by atoms with E-state index in [9.17, 15) is 0 Å². The highest BCUT2D eigenvalue weighted by atomic mass is 32.2. The van der Waals surface area contributed by atoms with E-state index in [4.69, 9.17) is 22.9 Å². The van der Waals surface area contributed by atoms with Gasteiger partial charge in [-0.3, -0.25) is 0 Å². The highest BCUT2D eigenvalue weighted by Crippen LogP contribution is 2.30. The minimum absolute atomic E-state index is 0.480. The maximum atomic E-state index is 5.94. The number of hydrogen-bond donors (Lipinski definition) is 1. The van der Waals surface area contributed by atoms with Gasteiger partial charge in [0.25, 0.3) is 0 Å². The average molecular weight is 307 g/mol. The number of nitrogens with two attached hydrogens (primary N) is 1. The van der Waals surface area contributed by atoms with E-state index in [1.54, 1.807) is 0 Å². The number of pyridine rings is 1. The third-order valence-corrected chi connectivity index (χ3v) is 5.78. The van der Waals surface area contributed by atoms with E-state index < -0.39 is 0 Å². The molecule has 0 spiro atoms. The first-order valence-electron chi connectivity index (χ1n) is 7.38. The highest BCUT2D eigenvalue weighted by Gasteiger charge is 2.25. The second-order valence-corrected chi connectivity index (χ2v) is 7.38. The van der Waals surface area contributed by atoms with Gasteiger partial charge in [-0.25, -0.2) is 4.98 Å². The van der Waals surface area contributed by atoms with E-state index in [0.717, 1.165) is 43.1 Å². The minimum Gasteiger partial charge on any atom is -0.389 e. The first kappa shape index (κ1) is 14.1. The lowest BCUT2D eigenvalue weighted by Crippen LogP contribution is -2.39. The number of hydrogen-bond acceptors (Lipinski definition) is 4. The Morgan fingerprint density at radius 3 is 3.15 bits per heavy atom. The van der Waals surface area contributed by atoms with Crippen LogP contribution in [0.15, 0.2) is 6.07 Å². The summed E-state index contributed by atoms with van der Waals surface area (Å²) in [6.07, 6.45) is 4.62. The van der Waals surface area contributed by atoms with Crippen LogP contribution in [0.25, 0.3) is 0 Å². The summed E-state index contributed by atoms with van der Waals surface area (Å²) in [6.45, 7) is 4.36. The standard InChI is InChI=1S/C15H21N3S2/c1-2-11-9-18(6-7-20-11)15-12(14(16)19)8-10-4-3-5-13(10)17-15/h8,11H,2-7,9H2,1H3,(H2,16,19). The van der Waals surface area contributed by atoms with E-state index in [1.165, 1.54) is 24.1 Å². The molecule has 3 nitrogen and oxygen atoms in total. The summed E-state index contributed by atoms with van der Waals surface area (Å²) in [5.41, 5.74) is 9.51. The monoisotopic (exact) mass is 307 g/mol. The van der Waals surface area contributed by atoms with E-state index in [0.29, 0.717) is 10.2 Å². The summed E-state index contributed by atoms with van der Waals surface area (Å²) < 4.78 is 0. The maximum Gasteiger partial charge on any atom is 0.139 e. The largest absolute Gasteiger partial charge is 0.389 e. The molecule has 0 radical (unpaired) electrons. The lowest BCUT2D eigenvalue weighted by atomic mass is 10.1. The molecule has 2 heterocycles. The topological polar surface area (TPSA) is 42.2 Å². The Labute approximate surface area is 130 Å². The van der Waals surface area contributed by atoms with Gasteiger partial charge in [-0.05, 0) is 37.3 Å². The number of rotatable bonds is 3. The van der Waals surface area contributed by atoms with Crippen molar-refractivity contribution in [2.75, 3.05) is 23.7 Å². The van der Waals surface area contributed by atoms with E-state index in [2.05, 4.69) is 29.7 Å². The number of nitrogens with zero attached hydrogens (tertiary/aromatic N) is 2. The van der Waals surface area contributed by atoms with Crippen LogP contribution < -0.4 is 10.6 Å². The first-order chi connectivity index (χ1) is 9.69. The molecule has 1 aromatic rings. The highest BCUT2D eigenvalue weighted by molar-refractivity contribution is 8.00. The van der Waals surface area contributed by atoms with Crippen molar-refractivity contribution in [1.29, 1.82) is 0 Å². The van der Waals surface area contributed by atoms with Crippen LogP contribution in [0.1, 0.15) is 36.6 Å². The van der Waals surface area contributed by atoms with Gasteiger partial charge >= 0.3 is 0 Å². The van der Waals surface area contributed by atoms with Crippen LogP contribution >= 0.6 is 24.0 Å². The summed E-state index contributed by atoms with van der Waals surface area (Å²) in [4.78, 5) is 7.78. The molecule has 0 saturated carbocycles. The number of fused-ring (bicyclic) bond motifs is 1. The van der Waals surface area contributed by atoms with Gasteiger partial charge in [0.1, 0.15) is 10.8 Å². The molecule has 1 fully saturated rings. The van der Waals surface area contributed by atoms with E-state index in [1.807, 2.05) is 0 Å². The van der Waals surface area contributed by atoms with Crippen molar-refractivity contribution < 1.29 is 0 Å². The number of aromatic nitrogens is 1.